The number of nitrogens with one attached hydrogen (secondary N) is 1. The lowest BCUT2D eigenvalue weighted by Crippen LogP contribution is -2.28. The molecule has 0 aliphatic heterocycles. The molecule has 1 amide bonds. The zero-order chi connectivity index (χ0) is 21.6. The number of hydrogen-bond donors (Lipinski definition) is 1. The number of ether oxygens (including phenoxy) is 1. The minimum absolute atomic E-state index is 0.142. The Morgan fingerprint density at radius 1 is 1.06 bits per heavy atom. The summed E-state index contributed by atoms with van der Waals surface area (Å²) in [5.41, 5.74) is 3.76. The van der Waals surface area contributed by atoms with Crippen LogP contribution in [-0.2, 0) is 6.54 Å². The van der Waals surface area contributed by atoms with Gasteiger partial charge in [-0.2, -0.15) is 0 Å². The van der Waals surface area contributed by atoms with Crippen LogP contribution in [0.5, 0.6) is 5.75 Å². The van der Waals surface area contributed by atoms with Crippen LogP contribution in [0.25, 0.3) is 11.0 Å². The molecule has 4 aromatic rings. The van der Waals surface area contributed by atoms with E-state index in [4.69, 9.17) is 9.72 Å². The Balaban J connectivity index is 1.47. The molecule has 31 heavy (non-hydrogen) atoms. The second kappa shape index (κ2) is 9.43. The minimum atomic E-state index is -0.244. The Morgan fingerprint density at radius 2 is 1.81 bits per heavy atom. The fraction of sp³-hybridized carbons (Fsp3) is 0.240. The normalized spacial score (nSPS) is 11.9. The van der Waals surface area contributed by atoms with Gasteiger partial charge >= 0.3 is 0 Å². The first-order valence-corrected chi connectivity index (χ1v) is 10.5. The number of aryl methyl sites for hydroxylation is 2. The van der Waals surface area contributed by atoms with Crippen LogP contribution in [0.2, 0.25) is 0 Å². The second-order valence-electron chi connectivity index (χ2n) is 7.56. The van der Waals surface area contributed by atoms with E-state index in [1.165, 1.54) is 5.56 Å². The second-order valence-corrected chi connectivity index (χ2v) is 7.56. The monoisotopic (exact) mass is 414 g/mol. The van der Waals surface area contributed by atoms with E-state index in [0.717, 1.165) is 35.6 Å². The van der Waals surface area contributed by atoms with Crippen LogP contribution in [0, 0.1) is 6.92 Å². The molecule has 6 nitrogen and oxygen atoms in total. The van der Waals surface area contributed by atoms with E-state index in [9.17, 15) is 4.79 Å². The van der Waals surface area contributed by atoms with Crippen molar-refractivity contribution >= 4 is 16.9 Å². The van der Waals surface area contributed by atoms with Gasteiger partial charge < -0.3 is 14.6 Å². The molecule has 6 heteroatoms. The van der Waals surface area contributed by atoms with Crippen LogP contribution in [0.15, 0.2) is 73.1 Å². The molecular weight excluding hydrogens is 388 g/mol. The van der Waals surface area contributed by atoms with Crippen molar-refractivity contribution in [3.8, 4) is 5.75 Å². The van der Waals surface area contributed by atoms with E-state index < -0.39 is 0 Å². The molecule has 2 aromatic carbocycles. The number of nitrogens with zero attached hydrogens (tertiary/aromatic N) is 3. The Hall–Kier alpha value is -3.67. The molecular formula is C25H26N4O2. The van der Waals surface area contributed by atoms with E-state index in [1.807, 2.05) is 49.4 Å². The summed E-state index contributed by atoms with van der Waals surface area (Å²) in [6.45, 7) is 5.37. The highest BCUT2D eigenvalue weighted by Gasteiger charge is 2.19. The number of carbonyl (C=O) groups excluding carboxylic acids is 1. The first-order chi connectivity index (χ1) is 15.1. The number of amides is 1. The maximum absolute atomic E-state index is 12.6. The number of para-hydroxylation sites is 2. The number of rotatable bonds is 8. The summed E-state index contributed by atoms with van der Waals surface area (Å²) in [4.78, 5) is 21.4. The van der Waals surface area contributed by atoms with Gasteiger partial charge in [-0.05, 0) is 56.7 Å². The molecule has 0 fully saturated rings. The van der Waals surface area contributed by atoms with Gasteiger partial charge in [0.05, 0.1) is 23.7 Å². The number of pyridine rings is 1. The van der Waals surface area contributed by atoms with Crippen LogP contribution in [0.4, 0.5) is 0 Å². The predicted molar refractivity (Wildman–Crippen MR) is 121 cm³/mol. The van der Waals surface area contributed by atoms with E-state index in [2.05, 4.69) is 27.9 Å². The zero-order valence-electron chi connectivity index (χ0n) is 17.8. The third-order valence-electron chi connectivity index (χ3n) is 5.18. The van der Waals surface area contributed by atoms with Crippen LogP contribution in [0.1, 0.15) is 41.1 Å². The summed E-state index contributed by atoms with van der Waals surface area (Å²) in [6.07, 6.45) is 4.05. The third kappa shape index (κ3) is 4.91. The third-order valence-corrected chi connectivity index (χ3v) is 5.18. The summed E-state index contributed by atoms with van der Waals surface area (Å²) in [5, 5.41) is 3.05. The van der Waals surface area contributed by atoms with Gasteiger partial charge in [0.1, 0.15) is 11.6 Å². The molecule has 0 saturated heterocycles. The molecule has 0 aliphatic carbocycles. The fourth-order valence-electron chi connectivity index (χ4n) is 3.55. The molecule has 2 heterocycles. The van der Waals surface area contributed by atoms with E-state index >= 15 is 0 Å². The van der Waals surface area contributed by atoms with E-state index in [0.29, 0.717) is 12.2 Å². The van der Waals surface area contributed by atoms with Crippen LogP contribution < -0.4 is 10.1 Å². The van der Waals surface area contributed by atoms with Crippen molar-refractivity contribution in [2.45, 2.75) is 32.9 Å². The topological polar surface area (TPSA) is 69.0 Å². The standard InChI is InChI=1S/C25H26N4O2/c1-18-8-10-21(11-9-18)31-17-5-16-29-23-7-4-3-6-22(23)28-24(29)19(2)27-25(30)20-12-14-26-15-13-20/h3-4,6-15,19H,5,16-17H2,1-2H3,(H,27,30). The highest BCUT2D eigenvalue weighted by atomic mass is 16.5. The van der Waals surface area contributed by atoms with Gasteiger partial charge in [0, 0.05) is 24.5 Å². The van der Waals surface area contributed by atoms with E-state index in [1.54, 1.807) is 24.5 Å². The van der Waals surface area contributed by atoms with Crippen molar-refractivity contribution < 1.29 is 9.53 Å². The Labute approximate surface area is 181 Å². The largest absolute Gasteiger partial charge is 0.494 e. The SMILES string of the molecule is Cc1ccc(OCCCn2c(C(C)NC(=O)c3ccncc3)nc3ccccc32)cc1. The lowest BCUT2D eigenvalue weighted by molar-refractivity contribution is 0.0937. The average Bonchev–Trinajstić information content (AvgIpc) is 3.17. The molecule has 0 bridgehead atoms. The summed E-state index contributed by atoms with van der Waals surface area (Å²) in [7, 11) is 0. The summed E-state index contributed by atoms with van der Waals surface area (Å²) >= 11 is 0. The highest BCUT2D eigenvalue weighted by molar-refractivity contribution is 5.94. The number of imidazole rings is 1. The molecule has 4 rings (SSSR count). The van der Waals surface area contributed by atoms with Crippen LogP contribution in [0.3, 0.4) is 0 Å². The molecule has 0 spiro atoms. The molecule has 1 atom stereocenters. The number of carbonyl (C=O) groups is 1. The summed E-state index contributed by atoms with van der Waals surface area (Å²) in [6, 6.07) is 19.3. The molecule has 0 saturated carbocycles. The summed E-state index contributed by atoms with van der Waals surface area (Å²) in [5.74, 6) is 1.56. The van der Waals surface area contributed by atoms with Crippen molar-refractivity contribution in [1.29, 1.82) is 0 Å². The molecule has 0 radical (unpaired) electrons. The Morgan fingerprint density at radius 3 is 2.58 bits per heavy atom. The maximum Gasteiger partial charge on any atom is 0.251 e. The van der Waals surface area contributed by atoms with Gasteiger partial charge in [0.25, 0.3) is 5.91 Å². The Kier molecular flexibility index (Phi) is 6.26. The number of benzene rings is 2. The Bertz CT molecular complexity index is 1150. The molecule has 0 aliphatic rings. The van der Waals surface area contributed by atoms with Gasteiger partial charge in [0.15, 0.2) is 0 Å². The van der Waals surface area contributed by atoms with E-state index in [-0.39, 0.29) is 11.9 Å². The first kappa shape index (κ1) is 20.6. The average molecular weight is 415 g/mol. The van der Waals surface area contributed by atoms with Crippen LogP contribution >= 0.6 is 0 Å². The maximum atomic E-state index is 12.6. The molecule has 158 valence electrons. The van der Waals surface area contributed by atoms with Gasteiger partial charge in [-0.25, -0.2) is 4.98 Å². The smallest absolute Gasteiger partial charge is 0.251 e. The lowest BCUT2D eigenvalue weighted by atomic mass is 10.2. The molecule has 1 unspecified atom stereocenters. The minimum Gasteiger partial charge on any atom is -0.494 e. The van der Waals surface area contributed by atoms with Gasteiger partial charge in [-0.3, -0.25) is 9.78 Å². The summed E-state index contributed by atoms with van der Waals surface area (Å²) < 4.78 is 8.06. The van der Waals surface area contributed by atoms with Crippen molar-refractivity contribution in [3.05, 3.63) is 90.0 Å². The fourth-order valence-corrected chi connectivity index (χ4v) is 3.55. The predicted octanol–water partition coefficient (Wildman–Crippen LogP) is 4.70. The number of aromatic nitrogens is 3. The lowest BCUT2D eigenvalue weighted by Gasteiger charge is -2.16. The molecule has 1 N–H and O–H groups in total. The van der Waals surface area contributed by atoms with Crippen LogP contribution in [-0.4, -0.2) is 27.0 Å². The number of fused-ring (bicyclic) bond motifs is 1. The van der Waals surface area contributed by atoms with Crippen molar-refractivity contribution in [3.63, 3.8) is 0 Å². The molecule has 2 aromatic heterocycles. The van der Waals surface area contributed by atoms with Gasteiger partial charge in [-0.1, -0.05) is 29.8 Å². The van der Waals surface area contributed by atoms with Crippen molar-refractivity contribution in [1.82, 2.24) is 19.9 Å². The van der Waals surface area contributed by atoms with Crippen molar-refractivity contribution in [2.24, 2.45) is 0 Å². The number of hydrogen-bond acceptors (Lipinski definition) is 4. The zero-order valence-corrected chi connectivity index (χ0v) is 17.8. The quantitative estimate of drug-likeness (QED) is 0.424. The first-order valence-electron chi connectivity index (χ1n) is 10.5. The van der Waals surface area contributed by atoms with Gasteiger partial charge in [-0.15, -0.1) is 0 Å². The van der Waals surface area contributed by atoms with Gasteiger partial charge in [0.2, 0.25) is 0 Å². The highest BCUT2D eigenvalue weighted by Crippen LogP contribution is 2.22. The van der Waals surface area contributed by atoms with Crippen molar-refractivity contribution in [2.75, 3.05) is 6.61 Å².